The molecule has 0 aromatic rings. The molecule has 0 saturated heterocycles. The monoisotopic (exact) mass is 374 g/mol. The van der Waals surface area contributed by atoms with Crippen LogP contribution >= 0.6 is 0 Å². The van der Waals surface area contributed by atoms with Crippen molar-refractivity contribution in [2.75, 3.05) is 7.11 Å². The van der Waals surface area contributed by atoms with Crippen molar-refractivity contribution in [3.05, 3.63) is 47.6 Å². The summed E-state index contributed by atoms with van der Waals surface area (Å²) < 4.78 is 4.60. The lowest BCUT2D eigenvalue weighted by molar-refractivity contribution is -0.140. The van der Waals surface area contributed by atoms with E-state index in [1.807, 2.05) is 6.08 Å². The summed E-state index contributed by atoms with van der Waals surface area (Å²) in [4.78, 5) is 11.1. The van der Waals surface area contributed by atoms with Gasteiger partial charge in [0.2, 0.25) is 0 Å². The predicted molar refractivity (Wildman–Crippen MR) is 114 cm³/mol. The first-order valence-electron chi connectivity index (χ1n) is 10.6. The summed E-state index contributed by atoms with van der Waals surface area (Å²) in [6, 6.07) is 0. The quantitative estimate of drug-likeness (QED) is 0.308. The average Bonchev–Trinajstić information content (AvgIpc) is 2.67. The summed E-state index contributed by atoms with van der Waals surface area (Å²) in [6.45, 7) is 2.25. The van der Waals surface area contributed by atoms with Crippen LogP contribution in [0.3, 0.4) is 0 Å². The molecule has 0 aromatic heterocycles. The zero-order valence-corrected chi connectivity index (χ0v) is 17.3. The van der Waals surface area contributed by atoms with Crippen molar-refractivity contribution >= 4 is 5.97 Å². The number of methoxy groups -OCH3 is 1. The van der Waals surface area contributed by atoms with Crippen molar-refractivity contribution < 1.29 is 14.6 Å². The molecule has 3 heteroatoms. The number of hydrogen-bond donors (Lipinski definition) is 1. The summed E-state index contributed by atoms with van der Waals surface area (Å²) in [5, 5.41) is 9.94. The molecule has 1 atom stereocenters. The van der Waals surface area contributed by atoms with Gasteiger partial charge in [0.15, 0.2) is 0 Å². The van der Waals surface area contributed by atoms with E-state index in [0.717, 1.165) is 12.8 Å². The highest BCUT2D eigenvalue weighted by Crippen LogP contribution is 2.23. The number of unbranched alkanes of at least 4 members (excludes halogenated alkanes) is 5. The molecule has 0 amide bonds. The van der Waals surface area contributed by atoms with E-state index in [1.165, 1.54) is 63.2 Å². The lowest BCUT2D eigenvalue weighted by atomic mass is 9.94. The molecule has 0 heterocycles. The number of allylic oxidation sites excluding steroid dienone is 7. The number of rotatable bonds is 13. The maximum atomic E-state index is 11.1. The topological polar surface area (TPSA) is 46.5 Å². The molecule has 27 heavy (non-hydrogen) atoms. The van der Waals surface area contributed by atoms with Crippen LogP contribution in [0.25, 0.3) is 0 Å². The number of esters is 1. The molecule has 0 unspecified atom stereocenters. The predicted octanol–water partition coefficient (Wildman–Crippen LogP) is 6.20. The lowest BCUT2D eigenvalue weighted by Gasteiger charge is -2.12. The van der Waals surface area contributed by atoms with Crippen LogP contribution in [0, 0.1) is 0 Å². The SMILES string of the molecule is CCCCCCC/C=C/C1=CC(=C\C=C\[C@@H](O)CCCC(=O)OC)/CCC1. The van der Waals surface area contributed by atoms with Crippen LogP contribution in [0.15, 0.2) is 47.6 Å². The summed E-state index contributed by atoms with van der Waals surface area (Å²) in [5.74, 6) is -0.220. The van der Waals surface area contributed by atoms with Crippen LogP contribution in [0.4, 0.5) is 0 Å². The van der Waals surface area contributed by atoms with Crippen molar-refractivity contribution in [1.82, 2.24) is 0 Å². The molecule has 1 rings (SSSR count). The maximum absolute atomic E-state index is 11.1. The Balaban J connectivity index is 2.34. The number of aliphatic hydroxyl groups is 1. The highest BCUT2D eigenvalue weighted by Gasteiger charge is 2.05. The van der Waals surface area contributed by atoms with E-state index in [9.17, 15) is 9.90 Å². The minimum Gasteiger partial charge on any atom is -0.469 e. The van der Waals surface area contributed by atoms with E-state index in [-0.39, 0.29) is 5.97 Å². The van der Waals surface area contributed by atoms with Crippen LogP contribution in [-0.4, -0.2) is 24.3 Å². The first-order valence-corrected chi connectivity index (χ1v) is 10.6. The molecule has 3 nitrogen and oxygen atoms in total. The first kappa shape index (κ1) is 23.4. The van der Waals surface area contributed by atoms with Gasteiger partial charge in [0.25, 0.3) is 0 Å². The van der Waals surface area contributed by atoms with E-state index in [0.29, 0.717) is 19.3 Å². The third-order valence-corrected chi connectivity index (χ3v) is 4.86. The third kappa shape index (κ3) is 12.4. The second kappa shape index (κ2) is 15.4. The van der Waals surface area contributed by atoms with Crippen molar-refractivity contribution in [2.24, 2.45) is 0 Å². The Morgan fingerprint density at radius 3 is 2.81 bits per heavy atom. The van der Waals surface area contributed by atoms with Crippen molar-refractivity contribution in [2.45, 2.75) is 90.1 Å². The molecule has 0 saturated carbocycles. The fraction of sp³-hybridized carbons (Fsp3) is 0.625. The maximum Gasteiger partial charge on any atom is 0.305 e. The Kier molecular flexibility index (Phi) is 13.4. The Bertz CT molecular complexity index is 526. The van der Waals surface area contributed by atoms with Crippen LogP contribution < -0.4 is 0 Å². The van der Waals surface area contributed by atoms with Gasteiger partial charge in [-0.1, -0.05) is 69.1 Å². The minimum atomic E-state index is -0.508. The smallest absolute Gasteiger partial charge is 0.305 e. The van der Waals surface area contributed by atoms with Gasteiger partial charge in [-0.15, -0.1) is 0 Å². The van der Waals surface area contributed by atoms with E-state index < -0.39 is 6.10 Å². The fourth-order valence-corrected chi connectivity index (χ4v) is 3.20. The molecule has 1 aliphatic rings. The molecule has 0 spiro atoms. The molecule has 1 N–H and O–H groups in total. The van der Waals surface area contributed by atoms with Gasteiger partial charge in [-0.3, -0.25) is 4.79 Å². The summed E-state index contributed by atoms with van der Waals surface area (Å²) in [7, 11) is 1.39. The molecule has 0 fully saturated rings. The second-order valence-electron chi connectivity index (χ2n) is 7.34. The van der Waals surface area contributed by atoms with Gasteiger partial charge in [0.05, 0.1) is 13.2 Å². The van der Waals surface area contributed by atoms with E-state index >= 15 is 0 Å². The third-order valence-electron chi connectivity index (χ3n) is 4.86. The Morgan fingerprint density at radius 2 is 2.04 bits per heavy atom. The van der Waals surface area contributed by atoms with Gasteiger partial charge in [-0.2, -0.15) is 0 Å². The Hall–Kier alpha value is -1.61. The highest BCUT2D eigenvalue weighted by molar-refractivity contribution is 5.68. The zero-order valence-electron chi connectivity index (χ0n) is 17.3. The number of aliphatic hydroxyl groups excluding tert-OH is 1. The first-order chi connectivity index (χ1) is 13.2. The van der Waals surface area contributed by atoms with Crippen LogP contribution in [0.5, 0.6) is 0 Å². The zero-order chi connectivity index (χ0) is 19.7. The molecular weight excluding hydrogens is 336 g/mol. The van der Waals surface area contributed by atoms with Crippen LogP contribution in [-0.2, 0) is 9.53 Å². The molecule has 0 bridgehead atoms. The van der Waals surface area contributed by atoms with Crippen molar-refractivity contribution in [3.8, 4) is 0 Å². The van der Waals surface area contributed by atoms with Gasteiger partial charge < -0.3 is 9.84 Å². The number of carbonyl (C=O) groups is 1. The molecule has 0 aliphatic heterocycles. The molecule has 0 radical (unpaired) electrons. The molecule has 0 aromatic carbocycles. The van der Waals surface area contributed by atoms with Crippen LogP contribution in [0.1, 0.15) is 84.0 Å². The van der Waals surface area contributed by atoms with Gasteiger partial charge in [-0.25, -0.2) is 0 Å². The Labute approximate surface area is 165 Å². The van der Waals surface area contributed by atoms with Gasteiger partial charge in [0, 0.05) is 6.42 Å². The number of hydrogen-bond acceptors (Lipinski definition) is 3. The van der Waals surface area contributed by atoms with E-state index in [2.05, 4.69) is 36.0 Å². The largest absolute Gasteiger partial charge is 0.469 e. The Morgan fingerprint density at radius 1 is 1.22 bits per heavy atom. The van der Waals surface area contributed by atoms with Gasteiger partial charge in [0.1, 0.15) is 0 Å². The summed E-state index contributed by atoms with van der Waals surface area (Å²) in [6.07, 6.45) is 25.1. The fourth-order valence-electron chi connectivity index (χ4n) is 3.20. The number of carbonyl (C=O) groups excluding carboxylic acids is 1. The normalized spacial score (nSPS) is 17.6. The average molecular weight is 375 g/mol. The highest BCUT2D eigenvalue weighted by atomic mass is 16.5. The molecular formula is C24H38O3. The van der Waals surface area contributed by atoms with Gasteiger partial charge >= 0.3 is 5.97 Å². The lowest BCUT2D eigenvalue weighted by Crippen LogP contribution is -2.05. The standard InChI is InChI=1S/C24H38O3/c1-3-4-5-6-7-8-9-13-21-14-10-15-22(20-21)16-11-17-23(25)18-12-19-24(26)27-2/h9,11,13,16-17,20,23,25H,3-8,10,12,14-15,18-19H2,1-2H3/b13-9+,17-11+,22-16-/t23-/m1/s1. The summed E-state index contributed by atoms with van der Waals surface area (Å²) in [5.41, 5.74) is 2.73. The van der Waals surface area contributed by atoms with E-state index in [1.54, 1.807) is 6.08 Å². The second-order valence-corrected chi connectivity index (χ2v) is 7.34. The van der Waals surface area contributed by atoms with Crippen molar-refractivity contribution in [1.29, 1.82) is 0 Å². The molecule has 1 aliphatic carbocycles. The number of ether oxygens (including phenoxy) is 1. The summed E-state index contributed by atoms with van der Waals surface area (Å²) >= 11 is 0. The van der Waals surface area contributed by atoms with Gasteiger partial charge in [-0.05, 0) is 56.1 Å². The van der Waals surface area contributed by atoms with Crippen LogP contribution in [0.2, 0.25) is 0 Å². The van der Waals surface area contributed by atoms with E-state index in [4.69, 9.17) is 0 Å². The minimum absolute atomic E-state index is 0.220. The molecule has 152 valence electrons. The van der Waals surface area contributed by atoms with Crippen molar-refractivity contribution in [3.63, 3.8) is 0 Å².